The number of carboxylic acids is 1. The third-order valence-electron chi connectivity index (χ3n) is 5.29. The fraction of sp³-hybridized carbons (Fsp3) is 0.0870. The first kappa shape index (κ1) is 22.0. The lowest BCUT2D eigenvalue weighted by Crippen LogP contribution is -2.34. The number of para-hydroxylation sites is 1. The molecule has 0 saturated carbocycles. The molecule has 0 bridgehead atoms. The van der Waals surface area contributed by atoms with E-state index in [1.165, 1.54) is 36.4 Å². The molecule has 4 rings (SSSR count). The fourth-order valence-corrected chi connectivity index (χ4v) is 5.11. The van der Waals surface area contributed by atoms with Gasteiger partial charge in [0.25, 0.3) is 15.6 Å². The van der Waals surface area contributed by atoms with E-state index in [9.17, 15) is 33.0 Å². The molecule has 0 amide bonds. The second-order valence-electron chi connectivity index (χ2n) is 7.31. The normalized spacial score (nSPS) is 15.1. The Morgan fingerprint density at radius 3 is 2.45 bits per heavy atom. The molecule has 1 aliphatic heterocycles. The van der Waals surface area contributed by atoms with E-state index in [1.807, 2.05) is 0 Å². The summed E-state index contributed by atoms with van der Waals surface area (Å²) in [5, 5.41) is 20.4. The minimum atomic E-state index is -4.06. The summed E-state index contributed by atoms with van der Waals surface area (Å²) in [5.41, 5.74) is -0.639. The number of aromatic nitrogens is 1. The molecule has 0 aliphatic carbocycles. The predicted octanol–water partition coefficient (Wildman–Crippen LogP) is 2.23. The van der Waals surface area contributed by atoms with Crippen molar-refractivity contribution >= 4 is 44.5 Å². The number of rotatable bonds is 5. The smallest absolute Gasteiger partial charge is 0.323 e. The van der Waals surface area contributed by atoms with Gasteiger partial charge in [0.1, 0.15) is 12.2 Å². The van der Waals surface area contributed by atoms with Gasteiger partial charge in [0.05, 0.1) is 10.4 Å². The van der Waals surface area contributed by atoms with E-state index in [-0.39, 0.29) is 16.0 Å². The highest BCUT2D eigenvalue weighted by Gasteiger charge is 2.36. The van der Waals surface area contributed by atoms with Crippen LogP contribution in [0.5, 0.6) is 0 Å². The van der Waals surface area contributed by atoms with Crippen LogP contribution in [-0.4, -0.2) is 46.3 Å². The van der Waals surface area contributed by atoms with Crippen LogP contribution < -0.4 is 5.56 Å². The summed E-state index contributed by atoms with van der Waals surface area (Å²) in [4.78, 5) is 36.9. The Labute approximate surface area is 188 Å². The van der Waals surface area contributed by atoms with Gasteiger partial charge >= 0.3 is 5.97 Å². The van der Waals surface area contributed by atoms with E-state index in [4.69, 9.17) is 0 Å². The summed E-state index contributed by atoms with van der Waals surface area (Å²) < 4.78 is 27.3. The van der Waals surface area contributed by atoms with Crippen LogP contribution in [0.3, 0.4) is 0 Å². The lowest BCUT2D eigenvalue weighted by atomic mass is 10.1. The van der Waals surface area contributed by atoms with Crippen molar-refractivity contribution in [3.8, 4) is 0 Å². The van der Waals surface area contributed by atoms with E-state index in [2.05, 4.69) is 0 Å². The molecule has 0 fully saturated rings. The van der Waals surface area contributed by atoms with Crippen molar-refractivity contribution in [2.24, 2.45) is 0 Å². The summed E-state index contributed by atoms with van der Waals surface area (Å²) in [6, 6.07) is 14.0. The van der Waals surface area contributed by atoms with Gasteiger partial charge in [-0.15, -0.1) is 0 Å². The number of benzene rings is 2. The Kier molecular flexibility index (Phi) is 5.38. The lowest BCUT2D eigenvalue weighted by Gasteiger charge is -2.27. The second-order valence-corrected chi connectivity index (χ2v) is 9.24. The van der Waals surface area contributed by atoms with Gasteiger partial charge in [0.15, 0.2) is 5.76 Å². The number of hydrogen-bond donors (Lipinski definition) is 2. The first-order valence-corrected chi connectivity index (χ1v) is 11.2. The lowest BCUT2D eigenvalue weighted by molar-refractivity contribution is -0.137. The minimum Gasteiger partial charge on any atom is -0.505 e. The van der Waals surface area contributed by atoms with Gasteiger partial charge < -0.3 is 10.2 Å². The Hall–Kier alpha value is -4.18. The van der Waals surface area contributed by atoms with Gasteiger partial charge in [0, 0.05) is 18.2 Å². The van der Waals surface area contributed by atoms with Gasteiger partial charge in [0.2, 0.25) is 5.78 Å². The second kappa shape index (κ2) is 8.06. The first-order chi connectivity index (χ1) is 15.6. The molecule has 2 aromatic carbocycles. The molecular weight excluding hydrogens is 448 g/mol. The summed E-state index contributed by atoms with van der Waals surface area (Å²) in [7, 11) is -2.91. The molecule has 0 unspecified atom stereocenters. The van der Waals surface area contributed by atoms with E-state index in [1.54, 1.807) is 24.3 Å². The average Bonchev–Trinajstić information content (AvgIpc) is 2.78. The molecule has 0 saturated heterocycles. The number of carbonyl (C=O) groups excluding carboxylic acids is 1. The maximum absolute atomic E-state index is 12.9. The third-order valence-corrected chi connectivity index (χ3v) is 7.11. The van der Waals surface area contributed by atoms with Crippen LogP contribution >= 0.6 is 0 Å². The first-order valence-electron chi connectivity index (χ1n) is 9.71. The van der Waals surface area contributed by atoms with Crippen LogP contribution in [0.4, 0.5) is 0 Å². The Bertz CT molecular complexity index is 1550. The molecule has 2 heterocycles. The zero-order valence-corrected chi connectivity index (χ0v) is 18.1. The molecule has 2 N–H and O–H groups in total. The van der Waals surface area contributed by atoms with Crippen LogP contribution in [0.2, 0.25) is 0 Å². The number of aliphatic hydroxyl groups excluding tert-OH is 1. The van der Waals surface area contributed by atoms with Crippen molar-refractivity contribution in [2.75, 3.05) is 7.05 Å². The summed E-state index contributed by atoms with van der Waals surface area (Å²) in [6.07, 6.45) is 2.15. The largest absolute Gasteiger partial charge is 0.505 e. The number of nitrogens with zero attached hydrogens (tertiary/aromatic N) is 2. The topological polar surface area (TPSA) is 134 Å². The molecule has 0 radical (unpaired) electrons. The molecule has 168 valence electrons. The van der Waals surface area contributed by atoms with Gasteiger partial charge in [-0.25, -0.2) is 8.42 Å². The highest BCUT2D eigenvalue weighted by atomic mass is 32.2. The molecule has 1 aliphatic rings. The fourth-order valence-electron chi connectivity index (χ4n) is 3.71. The van der Waals surface area contributed by atoms with Crippen LogP contribution in [0, 0.1) is 0 Å². The van der Waals surface area contributed by atoms with Crippen molar-refractivity contribution < 1.29 is 28.2 Å². The molecule has 3 aromatic rings. The molecule has 1 aromatic heterocycles. The number of carbonyl (C=O) groups is 2. The summed E-state index contributed by atoms with van der Waals surface area (Å²) in [6.45, 7) is -0.571. The van der Waals surface area contributed by atoms with Gasteiger partial charge in [-0.1, -0.05) is 30.3 Å². The van der Waals surface area contributed by atoms with Crippen LogP contribution in [-0.2, 0) is 26.2 Å². The number of ketones is 1. The average molecular weight is 466 g/mol. The van der Waals surface area contributed by atoms with Crippen LogP contribution in [0.25, 0.3) is 22.7 Å². The van der Waals surface area contributed by atoms with Crippen molar-refractivity contribution in [2.45, 2.75) is 11.4 Å². The highest BCUT2D eigenvalue weighted by molar-refractivity contribution is 7.89. The summed E-state index contributed by atoms with van der Waals surface area (Å²) in [5.74, 6) is -2.55. The Morgan fingerprint density at radius 2 is 1.73 bits per heavy atom. The SMILES string of the molecule is CN1C(C(=O)C=Cc2cc3ccccc3n(CC(=O)O)c2=O)=C(O)c2ccccc2S1(=O)=O. The highest BCUT2D eigenvalue weighted by Crippen LogP contribution is 2.34. The number of likely N-dealkylation sites (N-methyl/N-ethyl adjacent to an activating group) is 1. The van der Waals surface area contributed by atoms with Crippen molar-refractivity contribution in [1.82, 2.24) is 8.87 Å². The molecule has 9 nitrogen and oxygen atoms in total. The van der Waals surface area contributed by atoms with E-state index >= 15 is 0 Å². The van der Waals surface area contributed by atoms with E-state index in [0.29, 0.717) is 15.2 Å². The molecular formula is C23H18N2O7S. The van der Waals surface area contributed by atoms with Crippen LogP contribution in [0.15, 0.2) is 76.1 Å². The third kappa shape index (κ3) is 3.70. The number of aliphatic carboxylic acids is 1. The van der Waals surface area contributed by atoms with E-state index in [0.717, 1.165) is 17.7 Å². The standard InChI is InChI=1S/C23H18N2O7S/c1-24-21(22(29)16-7-3-5-9-19(16)33(24,31)32)18(26)11-10-15-12-14-6-2-4-8-17(14)25(23(15)30)13-20(27)28/h2-12,29H,13H2,1H3,(H,27,28). The maximum Gasteiger partial charge on any atom is 0.323 e. The summed E-state index contributed by atoms with van der Waals surface area (Å²) >= 11 is 0. The zero-order chi connectivity index (χ0) is 23.9. The minimum absolute atomic E-state index is 0.00173. The number of allylic oxidation sites excluding steroid dienone is 1. The number of carboxylic acid groups (broad SMARTS) is 1. The zero-order valence-electron chi connectivity index (χ0n) is 17.3. The number of fused-ring (bicyclic) bond motifs is 2. The van der Waals surface area contributed by atoms with Gasteiger partial charge in [-0.05, 0) is 41.8 Å². The maximum atomic E-state index is 12.9. The monoisotopic (exact) mass is 466 g/mol. The van der Waals surface area contributed by atoms with Gasteiger partial charge in [-0.2, -0.15) is 0 Å². The molecule has 33 heavy (non-hydrogen) atoms. The van der Waals surface area contributed by atoms with Crippen molar-refractivity contribution in [3.05, 3.63) is 87.9 Å². The number of hydrogen-bond acceptors (Lipinski definition) is 6. The molecule has 0 spiro atoms. The predicted molar refractivity (Wildman–Crippen MR) is 121 cm³/mol. The van der Waals surface area contributed by atoms with Crippen LogP contribution in [0.1, 0.15) is 11.1 Å². The molecule has 0 atom stereocenters. The quantitative estimate of drug-likeness (QED) is 0.551. The van der Waals surface area contributed by atoms with Crippen molar-refractivity contribution in [1.29, 1.82) is 0 Å². The van der Waals surface area contributed by atoms with Gasteiger partial charge in [-0.3, -0.25) is 23.3 Å². The Balaban J connectivity index is 1.81. The Morgan fingerprint density at radius 1 is 1.06 bits per heavy atom. The number of sulfonamides is 1. The van der Waals surface area contributed by atoms with Crippen molar-refractivity contribution in [3.63, 3.8) is 0 Å². The molecule has 10 heteroatoms. The number of aliphatic hydroxyl groups is 1. The number of pyridine rings is 1. The van der Waals surface area contributed by atoms with E-state index < -0.39 is 45.3 Å².